The lowest BCUT2D eigenvalue weighted by atomic mass is 10.1. The summed E-state index contributed by atoms with van der Waals surface area (Å²) in [6, 6.07) is 5.13. The maximum absolute atomic E-state index is 13.9. The number of halogens is 2. The molecule has 1 aromatic heterocycles. The second-order valence-electron chi connectivity index (χ2n) is 5.41. The monoisotopic (exact) mass is 337 g/mol. The molecule has 20 heavy (non-hydrogen) atoms. The van der Waals surface area contributed by atoms with Crippen LogP contribution in [0.15, 0.2) is 35.1 Å². The van der Waals surface area contributed by atoms with Gasteiger partial charge in [0.1, 0.15) is 5.82 Å². The van der Waals surface area contributed by atoms with E-state index in [1.807, 2.05) is 23.0 Å². The van der Waals surface area contributed by atoms with Crippen LogP contribution in [-0.2, 0) is 13.0 Å². The van der Waals surface area contributed by atoms with Crippen molar-refractivity contribution in [2.24, 2.45) is 0 Å². The molecule has 1 aromatic carbocycles. The number of aliphatic hydroxyl groups is 1. The number of aryl methyl sites for hydroxylation is 1. The lowest BCUT2D eigenvalue weighted by Gasteiger charge is -2.07. The molecule has 0 aliphatic heterocycles. The van der Waals surface area contributed by atoms with Crippen LogP contribution in [-0.4, -0.2) is 9.67 Å². The van der Waals surface area contributed by atoms with Gasteiger partial charge in [-0.25, -0.2) is 4.39 Å². The second kappa shape index (κ2) is 5.70. The molecule has 0 radical (unpaired) electrons. The Hall–Kier alpha value is -1.13. The van der Waals surface area contributed by atoms with Crippen molar-refractivity contribution in [3.05, 3.63) is 57.6 Å². The fraction of sp³-hybridized carbons (Fsp3) is 0.375. The van der Waals surface area contributed by atoms with E-state index in [1.165, 1.54) is 11.6 Å². The van der Waals surface area contributed by atoms with Crippen molar-refractivity contribution in [1.82, 2.24) is 4.57 Å². The summed E-state index contributed by atoms with van der Waals surface area (Å²) in [4.78, 5) is 0. The number of aromatic nitrogens is 1. The van der Waals surface area contributed by atoms with E-state index in [-0.39, 0.29) is 11.9 Å². The number of nitrogens with zero attached hydrogens (tertiary/aromatic N) is 1. The topological polar surface area (TPSA) is 25.2 Å². The number of benzene rings is 1. The van der Waals surface area contributed by atoms with E-state index in [0.717, 1.165) is 35.7 Å². The Bertz CT molecular complexity index is 623. The molecule has 1 aliphatic carbocycles. The standard InChI is InChI=1S/C16H17BrFNO/c17-13-6-5-12(15(18)7-13)9-19-8-11-3-1-2-4-16(20)14(11)10-19/h5-8,10,16,20H,1-4,9H2. The van der Waals surface area contributed by atoms with Crippen LogP contribution in [0.5, 0.6) is 0 Å². The molecule has 0 fully saturated rings. The Balaban J connectivity index is 1.87. The van der Waals surface area contributed by atoms with Crippen molar-refractivity contribution in [2.75, 3.05) is 0 Å². The van der Waals surface area contributed by atoms with E-state index < -0.39 is 0 Å². The molecule has 0 amide bonds. The average Bonchev–Trinajstić information content (AvgIpc) is 2.73. The highest BCUT2D eigenvalue weighted by atomic mass is 79.9. The summed E-state index contributed by atoms with van der Waals surface area (Å²) < 4.78 is 16.6. The van der Waals surface area contributed by atoms with Crippen molar-refractivity contribution in [1.29, 1.82) is 0 Å². The van der Waals surface area contributed by atoms with Gasteiger partial charge in [0.05, 0.1) is 6.10 Å². The van der Waals surface area contributed by atoms with Gasteiger partial charge in [0, 0.05) is 34.5 Å². The van der Waals surface area contributed by atoms with Crippen molar-refractivity contribution >= 4 is 15.9 Å². The van der Waals surface area contributed by atoms with Gasteiger partial charge in [0.2, 0.25) is 0 Å². The first-order valence-corrected chi connectivity index (χ1v) is 7.73. The van der Waals surface area contributed by atoms with E-state index in [0.29, 0.717) is 12.1 Å². The number of hydrogen-bond acceptors (Lipinski definition) is 1. The maximum atomic E-state index is 13.9. The van der Waals surface area contributed by atoms with Gasteiger partial charge >= 0.3 is 0 Å². The van der Waals surface area contributed by atoms with Gasteiger partial charge in [-0.2, -0.15) is 0 Å². The smallest absolute Gasteiger partial charge is 0.129 e. The fourth-order valence-corrected chi connectivity index (χ4v) is 3.16. The van der Waals surface area contributed by atoms with Gasteiger partial charge in [-0.3, -0.25) is 0 Å². The van der Waals surface area contributed by atoms with Crippen molar-refractivity contribution in [3.8, 4) is 0 Å². The average molecular weight is 338 g/mol. The zero-order valence-corrected chi connectivity index (χ0v) is 12.7. The molecular weight excluding hydrogens is 321 g/mol. The summed E-state index contributed by atoms with van der Waals surface area (Å²) >= 11 is 3.26. The molecule has 0 bridgehead atoms. The van der Waals surface area contributed by atoms with Crippen molar-refractivity contribution in [2.45, 2.75) is 38.3 Å². The molecule has 1 unspecified atom stereocenters. The van der Waals surface area contributed by atoms with Gasteiger partial charge in [-0.1, -0.05) is 28.4 Å². The molecule has 3 rings (SSSR count). The largest absolute Gasteiger partial charge is 0.388 e. The summed E-state index contributed by atoms with van der Waals surface area (Å²) in [5.74, 6) is -0.205. The lowest BCUT2D eigenvalue weighted by molar-refractivity contribution is 0.166. The van der Waals surface area contributed by atoms with Crippen molar-refractivity contribution in [3.63, 3.8) is 0 Å². The highest BCUT2D eigenvalue weighted by molar-refractivity contribution is 9.10. The minimum absolute atomic E-state index is 0.205. The van der Waals surface area contributed by atoms with E-state index in [4.69, 9.17) is 0 Å². The molecular formula is C16H17BrFNO. The van der Waals surface area contributed by atoms with E-state index in [9.17, 15) is 9.50 Å². The van der Waals surface area contributed by atoms with Gasteiger partial charge in [-0.05, 0) is 37.0 Å². The van der Waals surface area contributed by atoms with Crippen LogP contribution in [0.4, 0.5) is 4.39 Å². The minimum Gasteiger partial charge on any atom is -0.388 e. The molecule has 2 aromatic rings. The number of hydrogen-bond donors (Lipinski definition) is 1. The third-order valence-electron chi connectivity index (χ3n) is 3.90. The highest BCUT2D eigenvalue weighted by Crippen LogP contribution is 2.29. The summed E-state index contributed by atoms with van der Waals surface area (Å²) in [6.45, 7) is 0.499. The van der Waals surface area contributed by atoms with Crippen LogP contribution in [0, 0.1) is 5.82 Å². The molecule has 1 N–H and O–H groups in total. The van der Waals surface area contributed by atoms with Gasteiger partial charge in [0.25, 0.3) is 0 Å². The third-order valence-corrected chi connectivity index (χ3v) is 4.39. The predicted octanol–water partition coefficient (Wildman–Crippen LogP) is 4.20. The number of rotatable bonds is 2. The fourth-order valence-electron chi connectivity index (χ4n) is 2.83. The Kier molecular flexibility index (Phi) is 3.94. The summed E-state index contributed by atoms with van der Waals surface area (Å²) in [5, 5.41) is 10.1. The molecule has 0 saturated carbocycles. The van der Waals surface area contributed by atoms with E-state index in [2.05, 4.69) is 15.9 Å². The van der Waals surface area contributed by atoms with Crippen LogP contribution < -0.4 is 0 Å². The number of fused-ring (bicyclic) bond motifs is 1. The number of aliphatic hydroxyl groups excluding tert-OH is 1. The Morgan fingerprint density at radius 2 is 2.15 bits per heavy atom. The van der Waals surface area contributed by atoms with Gasteiger partial charge < -0.3 is 9.67 Å². The molecule has 106 valence electrons. The first-order chi connectivity index (χ1) is 9.63. The second-order valence-corrected chi connectivity index (χ2v) is 6.32. The summed E-state index contributed by atoms with van der Waals surface area (Å²) in [7, 11) is 0. The SMILES string of the molecule is OC1CCCCc2cn(Cc3ccc(Br)cc3F)cc21. The van der Waals surface area contributed by atoms with Gasteiger partial charge in [-0.15, -0.1) is 0 Å². The van der Waals surface area contributed by atoms with Crippen LogP contribution in [0.25, 0.3) is 0 Å². The van der Waals surface area contributed by atoms with Crippen molar-refractivity contribution < 1.29 is 9.50 Å². The Morgan fingerprint density at radius 3 is 2.95 bits per heavy atom. The maximum Gasteiger partial charge on any atom is 0.129 e. The van der Waals surface area contributed by atoms with Crippen LogP contribution in [0.3, 0.4) is 0 Å². The quantitative estimate of drug-likeness (QED) is 0.816. The van der Waals surface area contributed by atoms with E-state index in [1.54, 1.807) is 6.07 Å². The lowest BCUT2D eigenvalue weighted by Crippen LogP contribution is -2.00. The summed E-state index contributed by atoms with van der Waals surface area (Å²) in [6.07, 6.45) is 7.64. The zero-order chi connectivity index (χ0) is 14.1. The first kappa shape index (κ1) is 13.8. The van der Waals surface area contributed by atoms with Crippen LogP contribution in [0.1, 0.15) is 42.1 Å². The van der Waals surface area contributed by atoms with Crippen LogP contribution >= 0.6 is 15.9 Å². The Morgan fingerprint density at radius 1 is 1.30 bits per heavy atom. The molecule has 1 aliphatic rings. The van der Waals surface area contributed by atoms with E-state index >= 15 is 0 Å². The minimum atomic E-state index is -0.372. The Labute approximate surface area is 126 Å². The molecule has 0 spiro atoms. The molecule has 1 atom stereocenters. The molecule has 1 heterocycles. The first-order valence-electron chi connectivity index (χ1n) is 6.94. The highest BCUT2D eigenvalue weighted by Gasteiger charge is 2.18. The van der Waals surface area contributed by atoms with Crippen LogP contribution in [0.2, 0.25) is 0 Å². The zero-order valence-electron chi connectivity index (χ0n) is 11.1. The summed E-state index contributed by atoms with van der Waals surface area (Å²) in [5.41, 5.74) is 2.88. The predicted molar refractivity (Wildman–Crippen MR) is 80.1 cm³/mol. The van der Waals surface area contributed by atoms with Gasteiger partial charge in [0.15, 0.2) is 0 Å². The normalized spacial score (nSPS) is 18.6. The third kappa shape index (κ3) is 2.81. The molecule has 0 saturated heterocycles. The molecule has 4 heteroatoms. The molecule has 2 nitrogen and oxygen atoms in total.